The minimum Gasteiger partial charge on any atom is -0.375 e. The molecule has 0 aliphatic heterocycles. The number of halogens is 1. The summed E-state index contributed by atoms with van der Waals surface area (Å²) in [6.07, 6.45) is 6.90. The van der Waals surface area contributed by atoms with Crippen LogP contribution in [-0.4, -0.2) is 13.6 Å². The highest BCUT2D eigenvalue weighted by Gasteiger charge is 1.99. The van der Waals surface area contributed by atoms with Gasteiger partial charge in [0.25, 0.3) is 0 Å². The molecule has 0 aliphatic carbocycles. The molecule has 1 nitrogen and oxygen atoms in total. The molecule has 0 amide bonds. The summed E-state index contributed by atoms with van der Waals surface area (Å²) in [5.41, 5.74) is 1.02. The molecule has 0 aliphatic rings. The molecule has 1 aromatic carbocycles. The first-order valence-corrected chi connectivity index (χ1v) is 4.64. The van der Waals surface area contributed by atoms with Gasteiger partial charge in [0.1, 0.15) is 5.82 Å². The Balaban J connectivity index is 2.48. The molecule has 0 radical (unpaired) electrons. The van der Waals surface area contributed by atoms with E-state index in [0.29, 0.717) is 0 Å². The maximum atomic E-state index is 12.6. The van der Waals surface area contributed by atoms with E-state index in [2.05, 4.69) is 10.8 Å². The summed E-state index contributed by atoms with van der Waals surface area (Å²) in [6, 6.07) is 6.47. The number of hydrogen-bond donors (Lipinski definition) is 0. The summed E-state index contributed by atoms with van der Waals surface area (Å²) in [5, 5.41) is 0. The largest absolute Gasteiger partial charge is 0.375 e. The van der Waals surface area contributed by atoms with Crippen molar-refractivity contribution in [1.82, 2.24) is 0 Å². The smallest absolute Gasteiger partial charge is 0.123 e. The van der Waals surface area contributed by atoms with E-state index in [9.17, 15) is 4.39 Å². The lowest BCUT2D eigenvalue weighted by Gasteiger charge is -2.18. The standard InChI is InChI=1S/C12H14FN/c1-3-4-5-10-14(2)12-8-6-11(13)7-9-12/h1,6-9H,4-5,10H2,2H3. The third-order valence-electron chi connectivity index (χ3n) is 2.08. The highest BCUT2D eigenvalue weighted by Crippen LogP contribution is 2.13. The van der Waals surface area contributed by atoms with Crippen LogP contribution in [0.5, 0.6) is 0 Å². The average Bonchev–Trinajstić information content (AvgIpc) is 2.19. The molecule has 1 rings (SSSR count). The fraction of sp³-hybridized carbons (Fsp3) is 0.333. The normalized spacial score (nSPS) is 9.50. The molecule has 0 bridgehead atoms. The van der Waals surface area contributed by atoms with Gasteiger partial charge < -0.3 is 4.90 Å². The molecule has 0 aromatic heterocycles. The zero-order valence-corrected chi connectivity index (χ0v) is 8.33. The molecule has 0 spiro atoms. The molecule has 0 N–H and O–H groups in total. The summed E-state index contributed by atoms with van der Waals surface area (Å²) in [4.78, 5) is 2.07. The van der Waals surface area contributed by atoms with E-state index >= 15 is 0 Å². The number of hydrogen-bond acceptors (Lipinski definition) is 1. The molecule has 0 saturated heterocycles. The van der Waals surface area contributed by atoms with Crippen LogP contribution < -0.4 is 4.90 Å². The van der Waals surface area contributed by atoms with Crippen LogP contribution in [0.15, 0.2) is 24.3 Å². The van der Waals surface area contributed by atoms with E-state index < -0.39 is 0 Å². The molecule has 14 heavy (non-hydrogen) atoms. The van der Waals surface area contributed by atoms with Crippen LogP contribution in [0.25, 0.3) is 0 Å². The van der Waals surface area contributed by atoms with Gasteiger partial charge in [-0.1, -0.05) is 0 Å². The van der Waals surface area contributed by atoms with E-state index in [4.69, 9.17) is 6.42 Å². The van der Waals surface area contributed by atoms with Crippen molar-refractivity contribution in [1.29, 1.82) is 0 Å². The predicted molar refractivity (Wildman–Crippen MR) is 57.7 cm³/mol. The molecule has 0 fully saturated rings. The molecule has 0 saturated carbocycles. The van der Waals surface area contributed by atoms with E-state index in [0.717, 1.165) is 25.1 Å². The van der Waals surface area contributed by atoms with Gasteiger partial charge in [0.05, 0.1) is 0 Å². The Morgan fingerprint density at radius 1 is 1.36 bits per heavy atom. The van der Waals surface area contributed by atoms with Crippen LogP contribution in [0.2, 0.25) is 0 Å². The number of unbranched alkanes of at least 4 members (excludes halogenated alkanes) is 1. The topological polar surface area (TPSA) is 3.24 Å². The quantitative estimate of drug-likeness (QED) is 0.522. The number of rotatable bonds is 4. The van der Waals surface area contributed by atoms with Gasteiger partial charge in [-0.25, -0.2) is 4.39 Å². The first kappa shape index (κ1) is 10.6. The number of anilines is 1. The summed E-state index contributed by atoms with van der Waals surface area (Å²) >= 11 is 0. The predicted octanol–water partition coefficient (Wildman–Crippen LogP) is 2.68. The Morgan fingerprint density at radius 2 is 2.00 bits per heavy atom. The van der Waals surface area contributed by atoms with Crippen molar-refractivity contribution in [3.8, 4) is 12.3 Å². The number of benzene rings is 1. The van der Waals surface area contributed by atoms with Gasteiger partial charge in [-0.15, -0.1) is 12.3 Å². The first-order valence-electron chi connectivity index (χ1n) is 4.64. The van der Waals surface area contributed by atoms with Crippen molar-refractivity contribution >= 4 is 5.69 Å². The van der Waals surface area contributed by atoms with Gasteiger partial charge in [0.2, 0.25) is 0 Å². The molecular formula is C12H14FN. The summed E-state index contributed by atoms with van der Waals surface area (Å²) in [7, 11) is 1.98. The highest BCUT2D eigenvalue weighted by atomic mass is 19.1. The Hall–Kier alpha value is -1.49. The lowest BCUT2D eigenvalue weighted by Crippen LogP contribution is -2.18. The summed E-state index contributed by atoms with van der Waals surface area (Å²) in [6.45, 7) is 0.899. The Bertz CT molecular complexity index is 310. The SMILES string of the molecule is C#CCCCN(C)c1ccc(F)cc1. The molecule has 0 heterocycles. The second-order valence-electron chi connectivity index (χ2n) is 3.21. The fourth-order valence-electron chi connectivity index (χ4n) is 1.24. The maximum Gasteiger partial charge on any atom is 0.123 e. The Morgan fingerprint density at radius 3 is 2.57 bits per heavy atom. The lowest BCUT2D eigenvalue weighted by molar-refractivity contribution is 0.627. The highest BCUT2D eigenvalue weighted by molar-refractivity contribution is 5.45. The first-order chi connectivity index (χ1) is 6.74. The van der Waals surface area contributed by atoms with Gasteiger partial charge in [0.15, 0.2) is 0 Å². The van der Waals surface area contributed by atoms with Crippen molar-refractivity contribution < 1.29 is 4.39 Å². The van der Waals surface area contributed by atoms with Crippen LogP contribution in [0.1, 0.15) is 12.8 Å². The summed E-state index contributed by atoms with van der Waals surface area (Å²) < 4.78 is 12.6. The van der Waals surface area contributed by atoms with Gasteiger partial charge in [-0.3, -0.25) is 0 Å². The molecule has 1 aromatic rings. The second-order valence-corrected chi connectivity index (χ2v) is 3.21. The zero-order valence-electron chi connectivity index (χ0n) is 8.33. The second kappa shape index (κ2) is 5.29. The molecule has 74 valence electrons. The van der Waals surface area contributed by atoms with E-state index in [-0.39, 0.29) is 5.82 Å². The molecule has 0 unspecified atom stereocenters. The average molecular weight is 191 g/mol. The van der Waals surface area contributed by atoms with Crippen molar-refractivity contribution in [3.63, 3.8) is 0 Å². The minimum absolute atomic E-state index is 0.203. The van der Waals surface area contributed by atoms with Gasteiger partial charge in [0, 0.05) is 25.7 Å². The Kier molecular flexibility index (Phi) is 4.00. The van der Waals surface area contributed by atoms with Crippen molar-refractivity contribution in [2.45, 2.75) is 12.8 Å². The maximum absolute atomic E-state index is 12.6. The van der Waals surface area contributed by atoms with Crippen LogP contribution in [-0.2, 0) is 0 Å². The molecular weight excluding hydrogens is 177 g/mol. The summed E-state index contributed by atoms with van der Waals surface area (Å²) in [5.74, 6) is 2.39. The van der Waals surface area contributed by atoms with E-state index in [1.165, 1.54) is 12.1 Å². The van der Waals surface area contributed by atoms with Gasteiger partial charge >= 0.3 is 0 Å². The molecule has 0 atom stereocenters. The third kappa shape index (κ3) is 3.10. The van der Waals surface area contributed by atoms with E-state index in [1.807, 2.05) is 7.05 Å². The zero-order chi connectivity index (χ0) is 10.4. The van der Waals surface area contributed by atoms with Gasteiger partial charge in [-0.2, -0.15) is 0 Å². The number of nitrogens with zero attached hydrogens (tertiary/aromatic N) is 1. The Labute approximate surface area is 84.5 Å². The van der Waals surface area contributed by atoms with Crippen LogP contribution in [0.3, 0.4) is 0 Å². The van der Waals surface area contributed by atoms with E-state index in [1.54, 1.807) is 12.1 Å². The number of terminal acetylenes is 1. The fourth-order valence-corrected chi connectivity index (χ4v) is 1.24. The molecule has 2 heteroatoms. The van der Waals surface area contributed by atoms with Crippen LogP contribution in [0.4, 0.5) is 10.1 Å². The monoisotopic (exact) mass is 191 g/mol. The van der Waals surface area contributed by atoms with Crippen molar-refractivity contribution in [2.75, 3.05) is 18.5 Å². The van der Waals surface area contributed by atoms with Crippen LogP contribution in [0, 0.1) is 18.2 Å². The van der Waals surface area contributed by atoms with Gasteiger partial charge in [-0.05, 0) is 30.7 Å². The van der Waals surface area contributed by atoms with Crippen molar-refractivity contribution in [2.24, 2.45) is 0 Å². The lowest BCUT2D eigenvalue weighted by atomic mass is 10.2. The third-order valence-corrected chi connectivity index (χ3v) is 2.08. The minimum atomic E-state index is -0.203. The van der Waals surface area contributed by atoms with Crippen molar-refractivity contribution in [3.05, 3.63) is 30.1 Å². The van der Waals surface area contributed by atoms with Crippen LogP contribution >= 0.6 is 0 Å².